The maximum Gasteiger partial charge on any atom is 0.293 e. The van der Waals surface area contributed by atoms with Gasteiger partial charge in [-0.25, -0.2) is 0 Å². The molecule has 2 aromatic heterocycles. The molecule has 0 spiro atoms. The van der Waals surface area contributed by atoms with Crippen molar-refractivity contribution in [2.45, 2.75) is 45.9 Å². The molecule has 1 saturated heterocycles. The molecule has 0 saturated carbocycles. The first-order valence-corrected chi connectivity index (χ1v) is 7.38. The Morgan fingerprint density at radius 3 is 1.77 bits per heavy atom. The Morgan fingerprint density at radius 2 is 1.68 bits per heavy atom. The third-order valence-electron chi connectivity index (χ3n) is 3.26. The van der Waals surface area contributed by atoms with Crippen molar-refractivity contribution in [1.82, 2.24) is 4.90 Å². The van der Waals surface area contributed by atoms with E-state index in [4.69, 9.17) is 9.15 Å². The minimum Gasteiger partial charge on any atom is -0.462 e. The molecule has 22 heavy (non-hydrogen) atoms. The van der Waals surface area contributed by atoms with Crippen molar-refractivity contribution in [3.05, 3.63) is 24.3 Å². The van der Waals surface area contributed by atoms with Crippen LogP contribution in [-0.2, 0) is 14.3 Å². The largest absolute Gasteiger partial charge is 0.462 e. The van der Waals surface area contributed by atoms with E-state index in [-0.39, 0.29) is 11.3 Å². The number of furan rings is 2. The van der Waals surface area contributed by atoms with Gasteiger partial charge in [-0.2, -0.15) is 0 Å². The highest BCUT2D eigenvalue weighted by Crippen LogP contribution is 2.18. The van der Waals surface area contributed by atoms with E-state index in [0.29, 0.717) is 6.47 Å². The van der Waals surface area contributed by atoms with E-state index in [1.54, 1.807) is 0 Å². The normalized spacial score (nSPS) is 17.4. The van der Waals surface area contributed by atoms with Gasteiger partial charge in [0.2, 0.25) is 0 Å². The topological polar surface area (TPSA) is 51.9 Å². The number of carbonyl (C=O) groups is 1. The summed E-state index contributed by atoms with van der Waals surface area (Å²) in [4.78, 5) is 11.8. The second-order valence-corrected chi connectivity index (χ2v) is 6.62. The summed E-state index contributed by atoms with van der Waals surface area (Å²) < 4.78 is 15.0. The van der Waals surface area contributed by atoms with Crippen LogP contribution in [0.25, 0.3) is 11.2 Å². The maximum absolute atomic E-state index is 9.60. The van der Waals surface area contributed by atoms with Crippen molar-refractivity contribution in [2.24, 2.45) is 0 Å². The molecule has 5 heteroatoms. The molecule has 0 N–H and O–H groups in total. The van der Waals surface area contributed by atoms with Crippen LogP contribution in [0, 0.1) is 0 Å². The van der Waals surface area contributed by atoms with Gasteiger partial charge in [0.1, 0.15) is 22.5 Å². The van der Waals surface area contributed by atoms with E-state index in [1.807, 2.05) is 45.0 Å². The lowest BCUT2D eigenvalue weighted by atomic mass is 10.2. The zero-order valence-electron chi connectivity index (χ0n) is 14.4. The van der Waals surface area contributed by atoms with E-state index in [9.17, 15) is 4.79 Å². The van der Waals surface area contributed by atoms with Crippen LogP contribution in [0.15, 0.2) is 28.7 Å². The van der Waals surface area contributed by atoms with Gasteiger partial charge in [-0.1, -0.05) is 0 Å². The Morgan fingerprint density at radius 1 is 1.18 bits per heavy atom. The number of hydrogen-bond donors (Lipinski definition) is 0. The number of hydrogen-bond acceptors (Lipinski definition) is 5. The first-order chi connectivity index (χ1) is 10.1. The van der Waals surface area contributed by atoms with E-state index in [1.165, 1.54) is 0 Å². The minimum absolute atomic E-state index is 0.0139. The van der Waals surface area contributed by atoms with Crippen LogP contribution in [0.1, 0.15) is 34.6 Å². The van der Waals surface area contributed by atoms with Crippen molar-refractivity contribution in [1.29, 1.82) is 0 Å². The Labute approximate surface area is 132 Å². The number of likely N-dealkylation sites (N-methyl/N-ethyl adjacent to an activating group) is 1. The zero-order valence-corrected chi connectivity index (χ0v) is 14.4. The van der Waals surface area contributed by atoms with E-state index in [2.05, 4.69) is 30.5 Å². The quantitative estimate of drug-likeness (QED) is 0.755. The molecular formula is C17H27NO4. The van der Waals surface area contributed by atoms with Gasteiger partial charge in [-0.05, 0) is 65.9 Å². The molecule has 2 aromatic rings. The van der Waals surface area contributed by atoms with Crippen LogP contribution in [-0.4, -0.2) is 42.9 Å². The second-order valence-electron chi connectivity index (χ2n) is 6.62. The predicted molar refractivity (Wildman–Crippen MR) is 87.0 cm³/mol. The molecule has 0 atom stereocenters. The molecule has 0 radical (unpaired) electrons. The second kappa shape index (κ2) is 7.61. The Bertz CT molecular complexity index is 496. The third-order valence-corrected chi connectivity index (χ3v) is 3.26. The van der Waals surface area contributed by atoms with Gasteiger partial charge in [0.05, 0.1) is 6.61 Å². The molecule has 3 rings (SSSR count). The summed E-state index contributed by atoms with van der Waals surface area (Å²) >= 11 is 0. The van der Waals surface area contributed by atoms with Crippen LogP contribution in [0.4, 0.5) is 0 Å². The highest BCUT2D eigenvalue weighted by molar-refractivity contribution is 5.59. The molecule has 1 aliphatic heterocycles. The predicted octanol–water partition coefficient (Wildman–Crippen LogP) is 3.51. The van der Waals surface area contributed by atoms with Crippen molar-refractivity contribution in [2.75, 3.05) is 20.2 Å². The van der Waals surface area contributed by atoms with Crippen LogP contribution in [0.2, 0.25) is 0 Å². The SMILES string of the molecule is CC(C)(C)OC=O.CN1CCOC1(C)C.c1cc2ccc1o2. The van der Waals surface area contributed by atoms with Crippen molar-refractivity contribution in [3.8, 4) is 0 Å². The van der Waals surface area contributed by atoms with Crippen LogP contribution < -0.4 is 0 Å². The molecule has 0 aromatic carbocycles. The summed E-state index contributed by atoms with van der Waals surface area (Å²) in [5.41, 5.74) is 1.60. The van der Waals surface area contributed by atoms with Gasteiger partial charge in [0.25, 0.3) is 6.47 Å². The molecule has 0 amide bonds. The smallest absolute Gasteiger partial charge is 0.293 e. The Kier molecular flexibility index (Phi) is 6.38. The van der Waals surface area contributed by atoms with Crippen LogP contribution in [0.3, 0.4) is 0 Å². The zero-order chi connectivity index (χ0) is 16.8. The summed E-state index contributed by atoms with van der Waals surface area (Å²) in [7, 11) is 2.08. The highest BCUT2D eigenvalue weighted by Gasteiger charge is 2.29. The van der Waals surface area contributed by atoms with Crippen molar-refractivity contribution >= 4 is 17.6 Å². The van der Waals surface area contributed by atoms with E-state index in [0.717, 1.165) is 24.3 Å². The molecule has 0 aliphatic carbocycles. The standard InChI is InChI=1S/C6H13NO.C6H4O.C5H10O2/c1-6(2)7(3)4-5-8-6;1-2-6-4-3-5(1)7-6;1-5(2,3)7-4-6/h4-5H2,1-3H3;1-4H;4H,1-3H3. The fourth-order valence-corrected chi connectivity index (χ4v) is 1.67. The molecule has 124 valence electrons. The average molecular weight is 309 g/mol. The number of rotatable bonds is 1. The summed E-state index contributed by atoms with van der Waals surface area (Å²) in [6.45, 7) is 12.0. The summed E-state index contributed by atoms with van der Waals surface area (Å²) in [5.74, 6) is 0. The van der Waals surface area contributed by atoms with Crippen LogP contribution in [0.5, 0.6) is 0 Å². The monoisotopic (exact) mass is 309 g/mol. The van der Waals surface area contributed by atoms with Crippen molar-refractivity contribution in [3.63, 3.8) is 0 Å². The molecule has 2 bridgehead atoms. The molecular weight excluding hydrogens is 282 g/mol. The fraction of sp³-hybridized carbons (Fsp3) is 0.588. The number of ether oxygens (including phenoxy) is 2. The van der Waals surface area contributed by atoms with Gasteiger partial charge < -0.3 is 13.9 Å². The van der Waals surface area contributed by atoms with E-state index < -0.39 is 0 Å². The minimum atomic E-state index is -0.318. The maximum atomic E-state index is 9.60. The molecule has 3 heterocycles. The first kappa shape index (κ1) is 18.5. The van der Waals surface area contributed by atoms with Gasteiger partial charge in [0.15, 0.2) is 0 Å². The molecule has 5 nitrogen and oxygen atoms in total. The summed E-state index contributed by atoms with van der Waals surface area (Å²) in [5, 5.41) is 0. The first-order valence-electron chi connectivity index (χ1n) is 7.38. The van der Waals surface area contributed by atoms with Gasteiger partial charge in [-0.3, -0.25) is 9.69 Å². The van der Waals surface area contributed by atoms with Crippen LogP contribution >= 0.6 is 0 Å². The van der Waals surface area contributed by atoms with Crippen molar-refractivity contribution < 1.29 is 18.7 Å². The highest BCUT2D eigenvalue weighted by atomic mass is 16.5. The summed E-state index contributed by atoms with van der Waals surface area (Å²) in [6.07, 6.45) is 0. The van der Waals surface area contributed by atoms with Gasteiger partial charge >= 0.3 is 0 Å². The average Bonchev–Trinajstić information content (AvgIpc) is 3.08. The summed E-state index contributed by atoms with van der Waals surface area (Å²) in [6, 6.07) is 7.81. The number of carbonyl (C=O) groups excluding carboxylic acids is 1. The lowest BCUT2D eigenvalue weighted by Gasteiger charge is -2.25. The fourth-order valence-electron chi connectivity index (χ4n) is 1.67. The van der Waals surface area contributed by atoms with Gasteiger partial charge in [0, 0.05) is 6.54 Å². The Balaban J connectivity index is 0.000000166. The van der Waals surface area contributed by atoms with Gasteiger partial charge in [-0.15, -0.1) is 0 Å². The lowest BCUT2D eigenvalue weighted by molar-refractivity contribution is -0.138. The molecule has 0 unspecified atom stereocenters. The number of fused-ring (bicyclic) bond motifs is 2. The Hall–Kier alpha value is -1.59. The molecule has 1 aliphatic rings. The lowest BCUT2D eigenvalue weighted by Crippen LogP contribution is -2.35. The third kappa shape index (κ3) is 6.45. The number of nitrogens with zero attached hydrogens (tertiary/aromatic N) is 1. The molecule has 1 fully saturated rings. The van der Waals surface area contributed by atoms with E-state index >= 15 is 0 Å². The number of benzene rings is 1.